The molecule has 1 unspecified atom stereocenters. The highest BCUT2D eigenvalue weighted by molar-refractivity contribution is 5.70. The van der Waals surface area contributed by atoms with Crippen molar-refractivity contribution in [2.45, 2.75) is 25.4 Å². The third kappa shape index (κ3) is 5.96. The summed E-state index contributed by atoms with van der Waals surface area (Å²) in [5, 5.41) is 16.4. The molecule has 74 valence electrons. The summed E-state index contributed by atoms with van der Waals surface area (Å²) < 4.78 is 35.2. The predicted molar refractivity (Wildman–Crippen MR) is 36.6 cm³/mol. The summed E-state index contributed by atoms with van der Waals surface area (Å²) in [7, 11) is 0. The van der Waals surface area contributed by atoms with Crippen molar-refractivity contribution >= 4 is 5.97 Å². The minimum absolute atomic E-state index is 0.174. The first kappa shape index (κ1) is 11.8. The molecule has 0 aliphatic rings. The second-order valence-corrected chi connectivity index (χ2v) is 2.55. The van der Waals surface area contributed by atoms with Gasteiger partial charge < -0.3 is 5.11 Å². The number of halogens is 3. The van der Waals surface area contributed by atoms with E-state index in [1.165, 1.54) is 0 Å². The highest BCUT2D eigenvalue weighted by Crippen LogP contribution is 2.27. The number of carboxylic acid groups (broad SMARTS) is 1. The Kier molecular flexibility index (Phi) is 4.25. The number of hydrogen-bond donors (Lipinski definition) is 1. The molecule has 0 aliphatic heterocycles. The Morgan fingerprint density at radius 2 is 2.08 bits per heavy atom. The van der Waals surface area contributed by atoms with Gasteiger partial charge in [0.1, 0.15) is 0 Å². The summed E-state index contributed by atoms with van der Waals surface area (Å²) in [5.41, 5.74) is 0. The smallest absolute Gasteiger partial charge is 0.389 e. The molecule has 1 N–H and O–H groups in total. The van der Waals surface area contributed by atoms with Crippen LogP contribution in [-0.2, 0) is 4.79 Å². The zero-order valence-corrected chi connectivity index (χ0v) is 6.64. The van der Waals surface area contributed by atoms with Gasteiger partial charge in [-0.3, -0.25) is 4.79 Å². The fourth-order valence-electron chi connectivity index (χ4n) is 0.831. The molecule has 0 saturated heterocycles. The molecule has 1 atom stereocenters. The molecule has 6 heteroatoms. The molecule has 0 heterocycles. The van der Waals surface area contributed by atoms with Crippen molar-refractivity contribution in [1.82, 2.24) is 0 Å². The summed E-state index contributed by atoms with van der Waals surface area (Å²) in [5.74, 6) is -3.01. The number of nitriles is 1. The predicted octanol–water partition coefficient (Wildman–Crippen LogP) is 1.94. The van der Waals surface area contributed by atoms with E-state index in [1.54, 1.807) is 6.07 Å². The van der Waals surface area contributed by atoms with Gasteiger partial charge in [0.15, 0.2) is 0 Å². The van der Waals surface area contributed by atoms with Gasteiger partial charge in [-0.25, -0.2) is 0 Å². The minimum atomic E-state index is -4.49. The van der Waals surface area contributed by atoms with Crippen LogP contribution in [0.2, 0.25) is 0 Å². The molecular formula is C7H8F3NO2. The molecule has 0 amide bonds. The fourth-order valence-corrected chi connectivity index (χ4v) is 0.831. The Morgan fingerprint density at radius 3 is 2.38 bits per heavy atom. The molecule has 0 aromatic rings. The number of rotatable bonds is 4. The summed E-state index contributed by atoms with van der Waals surface area (Å²) in [6.45, 7) is 0. The van der Waals surface area contributed by atoms with Gasteiger partial charge in [-0.15, -0.1) is 0 Å². The third-order valence-electron chi connectivity index (χ3n) is 1.43. The monoisotopic (exact) mass is 195 g/mol. The molecule has 13 heavy (non-hydrogen) atoms. The normalized spacial score (nSPS) is 13.4. The molecule has 0 rings (SSSR count). The number of alkyl halides is 3. The Bertz CT molecular complexity index is 219. The van der Waals surface area contributed by atoms with Crippen molar-refractivity contribution < 1.29 is 23.1 Å². The van der Waals surface area contributed by atoms with Crippen molar-refractivity contribution in [3.8, 4) is 6.07 Å². The number of hydrogen-bond acceptors (Lipinski definition) is 2. The Morgan fingerprint density at radius 1 is 1.54 bits per heavy atom. The zero-order chi connectivity index (χ0) is 10.5. The molecular weight excluding hydrogens is 187 g/mol. The number of aliphatic carboxylic acids is 1. The average Bonchev–Trinajstić information content (AvgIpc) is 1.95. The van der Waals surface area contributed by atoms with Crippen LogP contribution in [-0.4, -0.2) is 17.3 Å². The number of nitrogens with zero attached hydrogens (tertiary/aromatic N) is 1. The lowest BCUT2D eigenvalue weighted by Gasteiger charge is -2.12. The molecule has 3 nitrogen and oxygen atoms in total. The standard InChI is InChI=1S/C7H8F3NO2/c8-7(9,10)4-5(6(12)13)2-1-3-11/h5H,1-2,4H2,(H,12,13). The highest BCUT2D eigenvalue weighted by Gasteiger charge is 2.34. The van der Waals surface area contributed by atoms with E-state index in [2.05, 4.69) is 0 Å². The van der Waals surface area contributed by atoms with E-state index in [4.69, 9.17) is 10.4 Å². The van der Waals surface area contributed by atoms with Crippen LogP contribution in [0.25, 0.3) is 0 Å². The van der Waals surface area contributed by atoms with E-state index in [0.29, 0.717) is 0 Å². The topological polar surface area (TPSA) is 61.1 Å². The maximum Gasteiger partial charge on any atom is 0.389 e. The lowest BCUT2D eigenvalue weighted by Crippen LogP contribution is -2.22. The summed E-state index contributed by atoms with van der Waals surface area (Å²) in [4.78, 5) is 10.3. The zero-order valence-electron chi connectivity index (χ0n) is 6.64. The van der Waals surface area contributed by atoms with Gasteiger partial charge in [0.25, 0.3) is 0 Å². The molecule has 0 fully saturated rings. The van der Waals surface area contributed by atoms with Crippen LogP contribution in [0.1, 0.15) is 19.3 Å². The highest BCUT2D eigenvalue weighted by atomic mass is 19.4. The van der Waals surface area contributed by atoms with E-state index in [9.17, 15) is 18.0 Å². The minimum Gasteiger partial charge on any atom is -0.481 e. The van der Waals surface area contributed by atoms with Crippen LogP contribution in [0.5, 0.6) is 0 Å². The van der Waals surface area contributed by atoms with Crippen LogP contribution in [0.4, 0.5) is 13.2 Å². The second kappa shape index (κ2) is 4.70. The van der Waals surface area contributed by atoms with Crippen molar-refractivity contribution in [1.29, 1.82) is 5.26 Å². The van der Waals surface area contributed by atoms with E-state index < -0.39 is 24.5 Å². The first-order chi connectivity index (χ1) is 5.87. The number of carboxylic acids is 1. The molecule has 0 saturated carbocycles. The van der Waals surface area contributed by atoms with E-state index in [-0.39, 0.29) is 12.8 Å². The van der Waals surface area contributed by atoms with Crippen molar-refractivity contribution in [2.75, 3.05) is 0 Å². The quantitative estimate of drug-likeness (QED) is 0.745. The van der Waals surface area contributed by atoms with Gasteiger partial charge in [0, 0.05) is 6.42 Å². The van der Waals surface area contributed by atoms with Gasteiger partial charge >= 0.3 is 12.1 Å². The van der Waals surface area contributed by atoms with E-state index in [1.807, 2.05) is 0 Å². The van der Waals surface area contributed by atoms with Gasteiger partial charge in [-0.1, -0.05) is 0 Å². The molecule has 0 aliphatic carbocycles. The van der Waals surface area contributed by atoms with Crippen molar-refractivity contribution in [2.24, 2.45) is 5.92 Å². The van der Waals surface area contributed by atoms with Crippen LogP contribution >= 0.6 is 0 Å². The third-order valence-corrected chi connectivity index (χ3v) is 1.43. The summed E-state index contributed by atoms with van der Waals surface area (Å²) >= 11 is 0. The van der Waals surface area contributed by atoms with Crippen LogP contribution in [0.15, 0.2) is 0 Å². The first-order valence-electron chi connectivity index (χ1n) is 3.53. The summed E-state index contributed by atoms with van der Waals surface area (Å²) in [6, 6.07) is 1.61. The number of carbonyl (C=O) groups is 1. The van der Waals surface area contributed by atoms with Gasteiger partial charge in [0.2, 0.25) is 0 Å². The van der Waals surface area contributed by atoms with E-state index >= 15 is 0 Å². The molecule has 0 radical (unpaired) electrons. The Balaban J connectivity index is 4.12. The van der Waals surface area contributed by atoms with Gasteiger partial charge in [0.05, 0.1) is 18.4 Å². The fraction of sp³-hybridized carbons (Fsp3) is 0.714. The molecule has 0 aromatic carbocycles. The van der Waals surface area contributed by atoms with Gasteiger partial charge in [-0.2, -0.15) is 18.4 Å². The van der Waals surface area contributed by atoms with Crippen LogP contribution in [0, 0.1) is 17.2 Å². The molecule has 0 bridgehead atoms. The largest absolute Gasteiger partial charge is 0.481 e. The summed E-state index contributed by atoms with van der Waals surface area (Å²) in [6.07, 6.45) is -6.29. The van der Waals surface area contributed by atoms with Crippen molar-refractivity contribution in [3.63, 3.8) is 0 Å². The molecule has 0 aromatic heterocycles. The average molecular weight is 195 g/mol. The Hall–Kier alpha value is -1.25. The SMILES string of the molecule is N#CCCC(CC(F)(F)F)C(=O)O. The Labute approximate surface area is 72.8 Å². The first-order valence-corrected chi connectivity index (χ1v) is 3.53. The second-order valence-electron chi connectivity index (χ2n) is 2.55. The molecule has 0 spiro atoms. The van der Waals surface area contributed by atoms with Crippen LogP contribution < -0.4 is 0 Å². The lowest BCUT2D eigenvalue weighted by atomic mass is 10.00. The van der Waals surface area contributed by atoms with Gasteiger partial charge in [-0.05, 0) is 6.42 Å². The lowest BCUT2D eigenvalue weighted by molar-refractivity contribution is -0.164. The van der Waals surface area contributed by atoms with E-state index in [0.717, 1.165) is 0 Å². The maximum absolute atomic E-state index is 11.7. The maximum atomic E-state index is 11.7. The van der Waals surface area contributed by atoms with Crippen molar-refractivity contribution in [3.05, 3.63) is 0 Å². The van der Waals surface area contributed by atoms with Crippen LogP contribution in [0.3, 0.4) is 0 Å².